The number of carbonyl (C=O) groups excluding carboxylic acids is 1. The van der Waals surface area contributed by atoms with Crippen LogP contribution in [0.1, 0.15) is 37.9 Å². The van der Waals surface area contributed by atoms with Crippen LogP contribution in [-0.4, -0.2) is 37.7 Å². The summed E-state index contributed by atoms with van der Waals surface area (Å²) < 4.78 is 12.2. The molecule has 1 saturated heterocycles. The van der Waals surface area contributed by atoms with Gasteiger partial charge in [-0.1, -0.05) is 6.07 Å². The molecule has 3 aliphatic rings. The van der Waals surface area contributed by atoms with Crippen molar-refractivity contribution in [2.75, 3.05) is 19.7 Å². The van der Waals surface area contributed by atoms with Crippen molar-refractivity contribution >= 4 is 17.2 Å². The zero-order chi connectivity index (χ0) is 19.6. The van der Waals surface area contributed by atoms with Gasteiger partial charge in [0, 0.05) is 19.4 Å². The van der Waals surface area contributed by atoms with Crippen molar-refractivity contribution in [3.05, 3.63) is 35.4 Å². The standard InChI is InChI=1S/C23H30N2O3S/c26-23(8-6-18-5-7-20(28-18)22-2-1-9-29-22)25-19-10-16-12-24-13-17(16)11-21(19)27-14-15-3-4-15/h1-2,5,7,9,15-17,19,21,24H,3-4,6,8,10-14H2,(H,25,26)/t16-,17+,19-,21-/m0/s1. The maximum Gasteiger partial charge on any atom is 0.220 e. The van der Waals surface area contributed by atoms with Gasteiger partial charge in [0.25, 0.3) is 0 Å². The molecule has 2 aromatic rings. The van der Waals surface area contributed by atoms with E-state index in [2.05, 4.69) is 16.7 Å². The molecule has 0 unspecified atom stereocenters. The second kappa shape index (κ2) is 8.62. The highest BCUT2D eigenvalue weighted by molar-refractivity contribution is 7.13. The van der Waals surface area contributed by atoms with E-state index in [0.29, 0.717) is 24.7 Å². The molecule has 2 saturated carbocycles. The van der Waals surface area contributed by atoms with E-state index in [1.807, 2.05) is 23.6 Å². The number of aryl methyl sites for hydroxylation is 1. The van der Waals surface area contributed by atoms with Gasteiger partial charge in [-0.25, -0.2) is 0 Å². The lowest BCUT2D eigenvalue weighted by atomic mass is 9.77. The summed E-state index contributed by atoms with van der Waals surface area (Å²) in [5.41, 5.74) is 0. The molecule has 0 bridgehead atoms. The fourth-order valence-corrected chi connectivity index (χ4v) is 5.43. The Morgan fingerprint density at radius 2 is 2.07 bits per heavy atom. The number of carbonyl (C=O) groups is 1. The summed E-state index contributed by atoms with van der Waals surface area (Å²) in [6, 6.07) is 8.19. The molecule has 3 heterocycles. The zero-order valence-electron chi connectivity index (χ0n) is 16.8. The Morgan fingerprint density at radius 3 is 2.86 bits per heavy atom. The minimum absolute atomic E-state index is 0.105. The number of nitrogens with one attached hydrogen (secondary N) is 2. The smallest absolute Gasteiger partial charge is 0.220 e. The fourth-order valence-electron chi connectivity index (χ4n) is 4.74. The van der Waals surface area contributed by atoms with E-state index in [4.69, 9.17) is 9.15 Å². The van der Waals surface area contributed by atoms with Gasteiger partial charge in [0.05, 0.1) is 17.0 Å². The molecule has 2 N–H and O–H groups in total. The van der Waals surface area contributed by atoms with Gasteiger partial charge in [0.1, 0.15) is 11.5 Å². The molecule has 1 aliphatic heterocycles. The van der Waals surface area contributed by atoms with Crippen LogP contribution in [0.5, 0.6) is 0 Å². The molecule has 29 heavy (non-hydrogen) atoms. The zero-order valence-corrected chi connectivity index (χ0v) is 17.6. The summed E-state index contributed by atoms with van der Waals surface area (Å²) >= 11 is 1.66. The second-order valence-corrected chi connectivity index (χ2v) is 9.83. The molecule has 0 radical (unpaired) electrons. The van der Waals surface area contributed by atoms with Crippen molar-refractivity contribution in [1.82, 2.24) is 10.6 Å². The minimum Gasteiger partial charge on any atom is -0.460 e. The normalized spacial score (nSPS) is 29.0. The highest BCUT2D eigenvalue weighted by Crippen LogP contribution is 2.36. The number of rotatable bonds is 8. The summed E-state index contributed by atoms with van der Waals surface area (Å²) in [4.78, 5) is 13.8. The number of ether oxygens (including phenoxy) is 1. The Kier molecular flexibility index (Phi) is 5.75. The Balaban J connectivity index is 1.15. The molecule has 0 spiro atoms. The Morgan fingerprint density at radius 1 is 1.21 bits per heavy atom. The number of hydrogen-bond acceptors (Lipinski definition) is 5. The molecule has 0 aromatic carbocycles. The summed E-state index contributed by atoms with van der Waals surface area (Å²) in [6.07, 6.45) is 5.94. The van der Waals surface area contributed by atoms with Gasteiger partial charge in [-0.05, 0) is 80.1 Å². The van der Waals surface area contributed by atoms with Crippen molar-refractivity contribution in [3.63, 3.8) is 0 Å². The predicted molar refractivity (Wildman–Crippen MR) is 114 cm³/mol. The van der Waals surface area contributed by atoms with Crippen LogP contribution in [0.25, 0.3) is 10.6 Å². The molecular weight excluding hydrogens is 384 g/mol. The Hall–Kier alpha value is -1.63. The van der Waals surface area contributed by atoms with Crippen LogP contribution in [0.15, 0.2) is 34.1 Å². The van der Waals surface area contributed by atoms with Crippen molar-refractivity contribution in [1.29, 1.82) is 0 Å². The van der Waals surface area contributed by atoms with Crippen molar-refractivity contribution in [2.24, 2.45) is 17.8 Å². The average Bonchev–Trinajstić information content (AvgIpc) is 3.13. The largest absolute Gasteiger partial charge is 0.460 e. The van der Waals surface area contributed by atoms with Gasteiger partial charge >= 0.3 is 0 Å². The number of fused-ring (bicyclic) bond motifs is 1. The van der Waals surface area contributed by atoms with Crippen LogP contribution in [0.2, 0.25) is 0 Å². The van der Waals surface area contributed by atoms with E-state index in [9.17, 15) is 4.79 Å². The highest BCUT2D eigenvalue weighted by atomic mass is 32.1. The van der Waals surface area contributed by atoms with E-state index >= 15 is 0 Å². The van der Waals surface area contributed by atoms with Gasteiger partial charge in [-0.15, -0.1) is 11.3 Å². The average molecular weight is 415 g/mol. The molecule has 3 fully saturated rings. The first-order chi connectivity index (χ1) is 14.2. The van der Waals surface area contributed by atoms with Gasteiger partial charge < -0.3 is 19.8 Å². The van der Waals surface area contributed by atoms with Gasteiger partial charge in [-0.3, -0.25) is 4.79 Å². The van der Waals surface area contributed by atoms with Gasteiger partial charge in [0.2, 0.25) is 5.91 Å². The molecule has 156 valence electrons. The molecule has 5 nitrogen and oxygen atoms in total. The van der Waals surface area contributed by atoms with E-state index in [1.165, 1.54) is 12.8 Å². The minimum atomic E-state index is 0.105. The molecule has 2 aromatic heterocycles. The van der Waals surface area contributed by atoms with E-state index < -0.39 is 0 Å². The van der Waals surface area contributed by atoms with E-state index in [-0.39, 0.29) is 18.1 Å². The number of hydrogen-bond donors (Lipinski definition) is 2. The quantitative estimate of drug-likeness (QED) is 0.689. The first kappa shape index (κ1) is 19.3. The molecule has 5 rings (SSSR count). The third-order valence-corrected chi connectivity index (χ3v) is 7.52. The van der Waals surface area contributed by atoms with Gasteiger partial charge in [-0.2, -0.15) is 0 Å². The SMILES string of the molecule is O=C(CCc1ccc(-c2cccs2)o1)N[C@H]1C[C@H]2CNC[C@H]2C[C@@H]1OCC1CC1. The molecule has 2 aliphatic carbocycles. The van der Waals surface area contributed by atoms with Crippen LogP contribution in [0, 0.1) is 17.8 Å². The number of thiophene rings is 1. The Bertz CT molecular complexity index is 814. The summed E-state index contributed by atoms with van der Waals surface area (Å²) in [5.74, 6) is 3.98. The van der Waals surface area contributed by atoms with Crippen LogP contribution in [0.4, 0.5) is 0 Å². The summed E-state index contributed by atoms with van der Waals surface area (Å²) in [5, 5.41) is 8.86. The highest BCUT2D eigenvalue weighted by Gasteiger charge is 2.41. The predicted octanol–water partition coefficient (Wildman–Crippen LogP) is 3.85. The lowest BCUT2D eigenvalue weighted by Crippen LogP contribution is -2.50. The topological polar surface area (TPSA) is 63.5 Å². The maximum absolute atomic E-state index is 12.7. The summed E-state index contributed by atoms with van der Waals surface area (Å²) in [6.45, 7) is 3.03. The molecule has 4 atom stereocenters. The lowest BCUT2D eigenvalue weighted by molar-refractivity contribution is -0.124. The first-order valence-corrected chi connectivity index (χ1v) is 11.9. The van der Waals surface area contributed by atoms with Crippen LogP contribution in [0.3, 0.4) is 0 Å². The second-order valence-electron chi connectivity index (χ2n) is 8.88. The van der Waals surface area contributed by atoms with E-state index in [0.717, 1.165) is 54.9 Å². The number of furan rings is 1. The van der Waals surface area contributed by atoms with Crippen LogP contribution >= 0.6 is 11.3 Å². The molecule has 6 heteroatoms. The van der Waals surface area contributed by atoms with Crippen molar-refractivity contribution in [2.45, 2.75) is 50.7 Å². The van der Waals surface area contributed by atoms with Crippen LogP contribution < -0.4 is 10.6 Å². The Labute approximate surface area is 176 Å². The monoisotopic (exact) mass is 414 g/mol. The lowest BCUT2D eigenvalue weighted by Gasteiger charge is -2.38. The first-order valence-electron chi connectivity index (χ1n) is 11.0. The van der Waals surface area contributed by atoms with Crippen LogP contribution in [-0.2, 0) is 16.0 Å². The fraction of sp³-hybridized carbons (Fsp3) is 0.609. The maximum atomic E-state index is 12.7. The van der Waals surface area contributed by atoms with Crippen molar-refractivity contribution in [3.8, 4) is 10.6 Å². The number of amides is 1. The van der Waals surface area contributed by atoms with Crippen molar-refractivity contribution < 1.29 is 13.9 Å². The third kappa shape index (κ3) is 4.76. The van der Waals surface area contributed by atoms with E-state index in [1.54, 1.807) is 11.3 Å². The van der Waals surface area contributed by atoms with Gasteiger partial charge in [0.15, 0.2) is 0 Å². The summed E-state index contributed by atoms with van der Waals surface area (Å²) in [7, 11) is 0. The third-order valence-electron chi connectivity index (χ3n) is 6.63. The molecular formula is C23H30N2O3S. The molecule has 1 amide bonds.